The van der Waals surface area contributed by atoms with Crippen molar-refractivity contribution in [2.75, 3.05) is 6.54 Å². The van der Waals surface area contributed by atoms with Gasteiger partial charge in [-0.2, -0.15) is 0 Å². The molecule has 0 radical (unpaired) electrons. The van der Waals surface area contributed by atoms with Crippen LogP contribution in [-0.2, 0) is 9.59 Å². The average Bonchev–Trinajstić information content (AvgIpc) is 2.38. The van der Waals surface area contributed by atoms with E-state index < -0.39 is 0 Å². The smallest absolute Gasteiger partial charge is 0.213 e. The summed E-state index contributed by atoms with van der Waals surface area (Å²) in [5, 5.41) is 0. The van der Waals surface area contributed by atoms with Gasteiger partial charge in [0.05, 0.1) is 0 Å². The van der Waals surface area contributed by atoms with E-state index in [4.69, 9.17) is 0 Å². The van der Waals surface area contributed by atoms with E-state index in [1.165, 1.54) is 0 Å². The Balaban J connectivity index is 3.52. The fourth-order valence-electron chi connectivity index (χ4n) is 1.97. The number of hydrogen-bond acceptors (Lipinski definition) is 2. The van der Waals surface area contributed by atoms with Crippen molar-refractivity contribution in [1.82, 2.24) is 4.90 Å². The van der Waals surface area contributed by atoms with Gasteiger partial charge in [0.15, 0.2) is 0 Å². The fourth-order valence-corrected chi connectivity index (χ4v) is 1.97. The van der Waals surface area contributed by atoms with Gasteiger partial charge in [0, 0.05) is 13.0 Å². The maximum absolute atomic E-state index is 10.5. The van der Waals surface area contributed by atoms with E-state index in [-0.39, 0.29) is 0 Å². The SMILES string of the molecule is C=CCC(CC=O)CCCCCCN(C=C)C=O. The second-order valence-electron chi connectivity index (χ2n) is 4.52. The number of allylic oxidation sites excluding steroid dienone is 1. The lowest BCUT2D eigenvalue weighted by molar-refractivity contribution is -0.116. The predicted molar refractivity (Wildman–Crippen MR) is 75.0 cm³/mol. The monoisotopic (exact) mass is 251 g/mol. The van der Waals surface area contributed by atoms with Gasteiger partial charge in [0.25, 0.3) is 0 Å². The zero-order valence-electron chi connectivity index (χ0n) is 11.2. The van der Waals surface area contributed by atoms with Gasteiger partial charge in [-0.25, -0.2) is 0 Å². The van der Waals surface area contributed by atoms with Crippen LogP contribution in [0.2, 0.25) is 0 Å². The Hall–Kier alpha value is -1.38. The highest BCUT2D eigenvalue weighted by Gasteiger charge is 2.05. The minimum absolute atomic E-state index is 0.458. The van der Waals surface area contributed by atoms with Crippen LogP contribution < -0.4 is 0 Å². The van der Waals surface area contributed by atoms with Crippen molar-refractivity contribution in [3.63, 3.8) is 0 Å². The summed E-state index contributed by atoms with van der Waals surface area (Å²) in [6.07, 6.45) is 12.3. The van der Waals surface area contributed by atoms with Crippen molar-refractivity contribution >= 4 is 12.7 Å². The molecule has 0 N–H and O–H groups in total. The van der Waals surface area contributed by atoms with E-state index in [9.17, 15) is 9.59 Å². The Morgan fingerprint density at radius 3 is 2.28 bits per heavy atom. The van der Waals surface area contributed by atoms with Crippen molar-refractivity contribution in [2.24, 2.45) is 5.92 Å². The molecule has 0 aromatic rings. The van der Waals surface area contributed by atoms with Gasteiger partial charge in [-0.05, 0) is 31.4 Å². The summed E-state index contributed by atoms with van der Waals surface area (Å²) >= 11 is 0. The van der Waals surface area contributed by atoms with Gasteiger partial charge in [-0.15, -0.1) is 6.58 Å². The first-order valence-electron chi connectivity index (χ1n) is 6.66. The van der Waals surface area contributed by atoms with Crippen LogP contribution in [-0.4, -0.2) is 24.1 Å². The third-order valence-electron chi connectivity index (χ3n) is 3.08. The molecule has 1 atom stereocenters. The lowest BCUT2D eigenvalue weighted by Crippen LogP contribution is -2.15. The zero-order chi connectivity index (χ0) is 13.6. The van der Waals surface area contributed by atoms with Crippen LogP contribution in [0.5, 0.6) is 0 Å². The minimum Gasteiger partial charge on any atom is -0.322 e. The minimum atomic E-state index is 0.458. The molecule has 0 aliphatic heterocycles. The molecule has 0 saturated heterocycles. The second-order valence-corrected chi connectivity index (χ2v) is 4.52. The van der Waals surface area contributed by atoms with Crippen molar-refractivity contribution in [1.29, 1.82) is 0 Å². The molecule has 0 aromatic heterocycles. The molecule has 0 aliphatic rings. The van der Waals surface area contributed by atoms with Gasteiger partial charge in [-0.3, -0.25) is 4.79 Å². The molecule has 0 aliphatic carbocycles. The van der Waals surface area contributed by atoms with Gasteiger partial charge >= 0.3 is 0 Å². The normalized spacial score (nSPS) is 11.6. The number of hydrogen-bond donors (Lipinski definition) is 0. The standard InChI is InChI=1S/C15H25NO2/c1-3-9-15(11-13-17)10-7-5-6-8-12-16(4-2)14-18/h3-4,13-15H,1-2,5-12H2. The molecule has 3 nitrogen and oxygen atoms in total. The van der Waals surface area contributed by atoms with Gasteiger partial charge in [0.2, 0.25) is 6.41 Å². The summed E-state index contributed by atoms with van der Waals surface area (Å²) in [7, 11) is 0. The number of carbonyl (C=O) groups excluding carboxylic acids is 2. The second kappa shape index (κ2) is 12.1. The van der Waals surface area contributed by atoms with Crippen LogP contribution in [0.1, 0.15) is 44.9 Å². The van der Waals surface area contributed by atoms with Crippen molar-refractivity contribution in [3.05, 3.63) is 25.4 Å². The largest absolute Gasteiger partial charge is 0.322 e. The lowest BCUT2D eigenvalue weighted by atomic mass is 9.95. The Kier molecular flexibility index (Phi) is 11.2. The Bertz CT molecular complexity index is 233. The number of rotatable bonds is 13. The van der Waals surface area contributed by atoms with Crippen LogP contribution in [0, 0.1) is 5.92 Å². The van der Waals surface area contributed by atoms with Crippen LogP contribution >= 0.6 is 0 Å². The number of amides is 1. The fraction of sp³-hybridized carbons (Fsp3) is 0.600. The van der Waals surface area contributed by atoms with Crippen molar-refractivity contribution < 1.29 is 9.59 Å². The first-order valence-corrected chi connectivity index (χ1v) is 6.66. The molecule has 0 spiro atoms. The van der Waals surface area contributed by atoms with Crippen LogP contribution in [0.4, 0.5) is 0 Å². The van der Waals surface area contributed by atoms with Crippen molar-refractivity contribution in [3.8, 4) is 0 Å². The molecule has 1 amide bonds. The summed E-state index contributed by atoms with van der Waals surface area (Å²) < 4.78 is 0. The number of carbonyl (C=O) groups is 2. The van der Waals surface area contributed by atoms with Gasteiger partial charge in [0.1, 0.15) is 6.29 Å². The molecule has 102 valence electrons. The highest BCUT2D eigenvalue weighted by molar-refractivity contribution is 5.49. The topological polar surface area (TPSA) is 37.4 Å². The van der Waals surface area contributed by atoms with Crippen LogP contribution in [0.25, 0.3) is 0 Å². The highest BCUT2D eigenvalue weighted by atomic mass is 16.1. The molecule has 0 saturated carbocycles. The van der Waals surface area contributed by atoms with Gasteiger partial charge < -0.3 is 9.69 Å². The summed E-state index contributed by atoms with van der Waals surface area (Å²) in [5.74, 6) is 0.458. The molecular weight excluding hydrogens is 226 g/mol. The Labute approximate surface area is 111 Å². The molecule has 1 unspecified atom stereocenters. The average molecular weight is 251 g/mol. The van der Waals surface area contributed by atoms with Crippen LogP contribution in [0.3, 0.4) is 0 Å². The van der Waals surface area contributed by atoms with E-state index in [1.54, 1.807) is 11.1 Å². The molecule has 0 rings (SSSR count). The molecule has 0 aromatic carbocycles. The molecule has 0 fully saturated rings. The van der Waals surface area contributed by atoms with E-state index >= 15 is 0 Å². The van der Waals surface area contributed by atoms with Crippen molar-refractivity contribution in [2.45, 2.75) is 44.9 Å². The summed E-state index contributed by atoms with van der Waals surface area (Å²) in [6.45, 7) is 8.03. The maximum atomic E-state index is 10.5. The molecule has 0 bridgehead atoms. The van der Waals surface area contributed by atoms with E-state index in [0.717, 1.165) is 57.8 Å². The molecule has 18 heavy (non-hydrogen) atoms. The first-order chi connectivity index (χ1) is 8.78. The predicted octanol–water partition coefficient (Wildman–Crippen LogP) is 3.32. The van der Waals surface area contributed by atoms with Gasteiger partial charge in [-0.1, -0.05) is 31.9 Å². The first kappa shape index (κ1) is 16.6. The lowest BCUT2D eigenvalue weighted by Gasteiger charge is -2.12. The number of aldehydes is 1. The number of nitrogens with zero attached hydrogens (tertiary/aromatic N) is 1. The maximum Gasteiger partial charge on any atom is 0.213 e. The molecule has 3 heteroatoms. The third kappa shape index (κ3) is 8.74. The van der Waals surface area contributed by atoms with E-state index in [0.29, 0.717) is 12.3 Å². The quantitative estimate of drug-likeness (QED) is 0.286. The highest BCUT2D eigenvalue weighted by Crippen LogP contribution is 2.17. The molecule has 0 heterocycles. The van der Waals surface area contributed by atoms with E-state index in [1.807, 2.05) is 6.08 Å². The summed E-state index contributed by atoms with van der Waals surface area (Å²) in [4.78, 5) is 22.5. The summed E-state index contributed by atoms with van der Waals surface area (Å²) in [5.41, 5.74) is 0. The van der Waals surface area contributed by atoms with Crippen LogP contribution in [0.15, 0.2) is 25.4 Å². The Morgan fingerprint density at radius 1 is 1.00 bits per heavy atom. The number of unbranched alkanes of at least 4 members (excludes halogenated alkanes) is 3. The molecular formula is C15H25NO2. The van der Waals surface area contributed by atoms with E-state index in [2.05, 4.69) is 13.2 Å². The zero-order valence-corrected chi connectivity index (χ0v) is 11.2. The third-order valence-corrected chi connectivity index (χ3v) is 3.08. The Morgan fingerprint density at radius 2 is 1.72 bits per heavy atom. The summed E-state index contributed by atoms with van der Waals surface area (Å²) in [6, 6.07) is 0.